The van der Waals surface area contributed by atoms with Crippen LogP contribution in [0.1, 0.15) is 36.8 Å². The number of hydrogen-bond donors (Lipinski definition) is 1. The van der Waals surface area contributed by atoms with Crippen LogP contribution in [-0.2, 0) is 29.3 Å². The number of nitrogens with zero attached hydrogens (tertiary/aromatic N) is 1. The van der Waals surface area contributed by atoms with Gasteiger partial charge in [-0.05, 0) is 42.2 Å². The largest absolute Gasteiger partial charge is 0.492 e. The van der Waals surface area contributed by atoms with Gasteiger partial charge >= 0.3 is 6.18 Å². The molecule has 3 aliphatic rings. The number of benzene rings is 1. The molecular weight excluding hydrogens is 485 g/mol. The van der Waals surface area contributed by atoms with Gasteiger partial charge in [0.2, 0.25) is 0 Å². The number of pyridine rings is 1. The van der Waals surface area contributed by atoms with Gasteiger partial charge in [-0.2, -0.15) is 13.2 Å². The molecule has 2 aliphatic heterocycles. The molecule has 0 spiro atoms. The molecule has 1 aromatic carbocycles. The number of fused-ring (bicyclic) bond motifs is 2. The van der Waals surface area contributed by atoms with E-state index >= 15 is 0 Å². The van der Waals surface area contributed by atoms with E-state index in [1.54, 1.807) is 12.4 Å². The van der Waals surface area contributed by atoms with Crippen molar-refractivity contribution in [3.63, 3.8) is 0 Å². The molecular formula is C23H28F3NNiO3P-. The fourth-order valence-corrected chi connectivity index (χ4v) is 6.27. The molecule has 1 aromatic heterocycles. The Balaban J connectivity index is 0.000000397. The molecule has 0 saturated heterocycles. The summed E-state index contributed by atoms with van der Waals surface area (Å²) in [6.45, 7) is 1.12. The number of hydrogen-bond acceptors (Lipinski definition) is 4. The Morgan fingerprint density at radius 1 is 1.00 bits per heavy atom. The molecule has 9 heteroatoms. The molecule has 1 N–H and O–H groups in total. The van der Waals surface area contributed by atoms with Crippen molar-refractivity contribution in [2.24, 2.45) is 0 Å². The maximum atomic E-state index is 13.5. The third kappa shape index (κ3) is 5.40. The zero-order valence-corrected chi connectivity index (χ0v) is 19.8. The number of aromatic nitrogens is 1. The predicted molar refractivity (Wildman–Crippen MR) is 117 cm³/mol. The van der Waals surface area contributed by atoms with Gasteiger partial charge in [0.1, 0.15) is 11.5 Å². The molecule has 180 valence electrons. The van der Waals surface area contributed by atoms with Gasteiger partial charge in [-0.3, -0.25) is 4.98 Å². The van der Waals surface area contributed by atoms with E-state index in [1.807, 2.05) is 18.2 Å². The van der Waals surface area contributed by atoms with Gasteiger partial charge in [-0.1, -0.05) is 27.5 Å². The summed E-state index contributed by atoms with van der Waals surface area (Å²) in [5, 5.41) is 11.2. The van der Waals surface area contributed by atoms with E-state index < -0.39 is 17.4 Å². The zero-order valence-electron chi connectivity index (χ0n) is 17.9. The third-order valence-corrected chi connectivity index (χ3v) is 7.73. The van der Waals surface area contributed by atoms with Crippen LogP contribution in [0.4, 0.5) is 13.2 Å². The van der Waals surface area contributed by atoms with Crippen molar-refractivity contribution in [1.82, 2.24) is 4.98 Å². The Hall–Kier alpha value is -1.36. The van der Waals surface area contributed by atoms with E-state index in [0.29, 0.717) is 37.6 Å². The van der Waals surface area contributed by atoms with E-state index in [2.05, 4.69) is 11.1 Å². The van der Waals surface area contributed by atoms with Gasteiger partial charge in [-0.15, -0.1) is 0 Å². The minimum absolute atomic E-state index is 0. The van der Waals surface area contributed by atoms with E-state index in [1.165, 1.54) is 0 Å². The summed E-state index contributed by atoms with van der Waals surface area (Å²) < 4.78 is 52.0. The fraction of sp³-hybridized carbons (Fsp3) is 0.478. The number of alkyl halides is 3. The first-order valence-corrected chi connectivity index (χ1v) is 11.3. The number of aliphatic hydroxyl groups is 1. The summed E-state index contributed by atoms with van der Waals surface area (Å²) in [7, 11) is -0.157. The fourth-order valence-electron chi connectivity index (χ4n) is 4.30. The van der Waals surface area contributed by atoms with Gasteiger partial charge in [0.05, 0.1) is 18.5 Å². The summed E-state index contributed by atoms with van der Waals surface area (Å²) in [6.07, 6.45) is 1.76. The summed E-state index contributed by atoms with van der Waals surface area (Å²) in [5.74, 6) is 1.40. The molecule has 0 radical (unpaired) electrons. The Kier molecular flexibility index (Phi) is 9.39. The van der Waals surface area contributed by atoms with Gasteiger partial charge in [0.15, 0.2) is 5.60 Å². The Morgan fingerprint density at radius 3 is 2.06 bits per heavy atom. The second-order valence-electron chi connectivity index (χ2n) is 7.81. The van der Waals surface area contributed by atoms with Crippen LogP contribution in [0.15, 0.2) is 36.7 Å². The normalized spacial score (nSPS) is 23.6. The second-order valence-corrected chi connectivity index (χ2v) is 9.30. The first-order valence-electron chi connectivity index (χ1n) is 10.2. The van der Waals surface area contributed by atoms with E-state index in [4.69, 9.17) is 9.47 Å². The minimum Gasteiger partial charge on any atom is -0.492 e. The standard InChI is InChI=1S/C17H20F3O3P.C5H5N.CH3.Ni/c18-17(19,20)16(21)6-2-1-3-12(16)24-15-13-10(4-7-22-13)9-11-5-8-23-14(11)15;1-2-4-6-5-3-1;;/h9,12,21,24H,1-8H2;1-5H;1H3;/q;;-1;. The molecule has 5 rings (SSSR count). The van der Waals surface area contributed by atoms with Crippen molar-refractivity contribution in [1.29, 1.82) is 0 Å². The van der Waals surface area contributed by atoms with Crippen molar-refractivity contribution in [2.75, 3.05) is 13.2 Å². The number of rotatable bonds is 2. The Morgan fingerprint density at radius 2 is 1.59 bits per heavy atom. The quantitative estimate of drug-likeness (QED) is 0.362. The molecule has 3 heterocycles. The van der Waals surface area contributed by atoms with Crippen LogP contribution in [0.5, 0.6) is 11.5 Å². The smallest absolute Gasteiger partial charge is 0.417 e. The molecule has 2 aromatic rings. The predicted octanol–water partition coefficient (Wildman–Crippen LogP) is 4.63. The minimum atomic E-state index is -4.60. The van der Waals surface area contributed by atoms with E-state index in [0.717, 1.165) is 35.7 Å². The first-order chi connectivity index (χ1) is 14.4. The van der Waals surface area contributed by atoms with E-state index in [-0.39, 0.29) is 38.9 Å². The van der Waals surface area contributed by atoms with Crippen LogP contribution in [0.2, 0.25) is 0 Å². The maximum absolute atomic E-state index is 13.5. The van der Waals surface area contributed by atoms with Gasteiger partial charge in [-0.25, -0.2) is 0 Å². The Bertz CT molecular complexity index is 826. The molecule has 0 amide bonds. The zero-order chi connectivity index (χ0) is 21.2. The average molecular weight is 513 g/mol. The topological polar surface area (TPSA) is 51.6 Å². The second kappa shape index (κ2) is 11.2. The molecule has 3 atom stereocenters. The van der Waals surface area contributed by atoms with Crippen molar-refractivity contribution >= 4 is 13.9 Å². The van der Waals surface area contributed by atoms with Gasteiger partial charge in [0, 0.05) is 47.4 Å². The van der Waals surface area contributed by atoms with Crippen molar-refractivity contribution in [3.05, 3.63) is 55.2 Å². The Labute approximate surface area is 199 Å². The van der Waals surface area contributed by atoms with Crippen molar-refractivity contribution in [2.45, 2.75) is 56.0 Å². The molecule has 1 saturated carbocycles. The van der Waals surface area contributed by atoms with Crippen LogP contribution < -0.4 is 14.8 Å². The molecule has 3 unspecified atom stereocenters. The van der Waals surface area contributed by atoms with E-state index in [9.17, 15) is 18.3 Å². The third-order valence-electron chi connectivity index (χ3n) is 5.87. The first kappa shape index (κ1) is 26.9. The van der Waals surface area contributed by atoms with Gasteiger partial charge < -0.3 is 22.0 Å². The van der Waals surface area contributed by atoms with Crippen LogP contribution in [0, 0.1) is 7.43 Å². The molecule has 4 nitrogen and oxygen atoms in total. The molecule has 1 fully saturated rings. The van der Waals surface area contributed by atoms with Crippen LogP contribution in [-0.4, -0.2) is 40.7 Å². The number of ether oxygens (including phenoxy) is 2. The maximum Gasteiger partial charge on any atom is 0.417 e. The van der Waals surface area contributed by atoms with Crippen LogP contribution >= 0.6 is 8.58 Å². The van der Waals surface area contributed by atoms with Gasteiger partial charge in [0.25, 0.3) is 0 Å². The molecule has 32 heavy (non-hydrogen) atoms. The molecule has 1 aliphatic carbocycles. The number of halogens is 3. The van der Waals surface area contributed by atoms with Crippen molar-refractivity contribution in [3.8, 4) is 11.5 Å². The summed E-state index contributed by atoms with van der Waals surface area (Å²) in [5.41, 5.74) is -1.30. The molecule has 0 bridgehead atoms. The van der Waals surface area contributed by atoms with Crippen molar-refractivity contribution < 1.29 is 44.2 Å². The summed E-state index contributed by atoms with van der Waals surface area (Å²) in [4.78, 5) is 3.78. The summed E-state index contributed by atoms with van der Waals surface area (Å²) in [6, 6.07) is 7.78. The summed E-state index contributed by atoms with van der Waals surface area (Å²) >= 11 is 0. The monoisotopic (exact) mass is 512 g/mol. The SMILES string of the molecule is OC1(C(F)(F)F)CCCCC1Pc1c2c(cc3c1OCC3)CCO2.[CH3-].[Ni].c1ccncc1. The van der Waals surface area contributed by atoms with Crippen LogP contribution in [0.3, 0.4) is 0 Å². The average Bonchev–Trinajstić information content (AvgIpc) is 3.39. The van der Waals surface area contributed by atoms with Crippen LogP contribution in [0.25, 0.3) is 0 Å².